The highest BCUT2D eigenvalue weighted by molar-refractivity contribution is 5.83. The summed E-state index contributed by atoms with van der Waals surface area (Å²) in [5.41, 5.74) is 0.826. The minimum absolute atomic E-state index is 0.162. The summed E-state index contributed by atoms with van der Waals surface area (Å²) in [7, 11) is 0. The molecule has 2 saturated carbocycles. The normalized spacial score (nSPS) is 19.5. The van der Waals surface area contributed by atoms with Crippen molar-refractivity contribution >= 4 is 16.8 Å². The van der Waals surface area contributed by atoms with Gasteiger partial charge in [0.15, 0.2) is 0 Å². The number of carbonyl (C=O) groups excluding carboxylic acids is 1. The Kier molecular flexibility index (Phi) is 4.25. The fourth-order valence-corrected chi connectivity index (χ4v) is 4.11. The Morgan fingerprint density at radius 3 is 2.68 bits per heavy atom. The van der Waals surface area contributed by atoms with E-state index < -0.39 is 0 Å². The molecule has 1 amide bonds. The number of nitriles is 1. The number of amides is 1. The van der Waals surface area contributed by atoms with E-state index in [-0.39, 0.29) is 11.3 Å². The van der Waals surface area contributed by atoms with Crippen LogP contribution in [0.4, 0.5) is 0 Å². The molecule has 0 N–H and O–H groups in total. The lowest BCUT2D eigenvalue weighted by molar-refractivity contribution is -0.135. The molecule has 1 aromatic carbocycles. The molecule has 1 heterocycles. The third-order valence-corrected chi connectivity index (χ3v) is 5.89. The minimum atomic E-state index is -0.272. The molecule has 2 fully saturated rings. The number of hydrogen-bond donors (Lipinski definition) is 0. The van der Waals surface area contributed by atoms with Gasteiger partial charge in [0.05, 0.1) is 11.5 Å². The highest BCUT2D eigenvalue weighted by Crippen LogP contribution is 2.46. The van der Waals surface area contributed by atoms with Gasteiger partial charge in [-0.3, -0.25) is 4.79 Å². The molecule has 25 heavy (non-hydrogen) atoms. The molecular weight excluding hydrogens is 310 g/mol. The first-order valence-electron chi connectivity index (χ1n) is 9.45. The second-order valence-corrected chi connectivity index (χ2v) is 7.71. The Morgan fingerprint density at radius 1 is 1.20 bits per heavy atom. The maximum Gasteiger partial charge on any atom is 0.242 e. The average Bonchev–Trinajstić information content (AvgIpc) is 3.34. The molecule has 4 nitrogen and oxygen atoms in total. The van der Waals surface area contributed by atoms with Gasteiger partial charge in [0, 0.05) is 24.3 Å². The largest absolute Gasteiger partial charge is 0.338 e. The second kappa shape index (κ2) is 6.55. The molecule has 0 unspecified atom stereocenters. The SMILES string of the molecule is N#CC1(CN(C(=O)Cn2ccc3ccccc32)C2CCCCC2)CC1. The quantitative estimate of drug-likeness (QED) is 0.826. The predicted molar refractivity (Wildman–Crippen MR) is 97.8 cm³/mol. The fraction of sp³-hybridized carbons (Fsp3) is 0.524. The fourth-order valence-electron chi connectivity index (χ4n) is 4.11. The maximum atomic E-state index is 13.2. The summed E-state index contributed by atoms with van der Waals surface area (Å²) in [6.07, 6.45) is 9.70. The van der Waals surface area contributed by atoms with E-state index in [1.165, 1.54) is 19.3 Å². The van der Waals surface area contributed by atoms with Gasteiger partial charge in [0.25, 0.3) is 0 Å². The maximum absolute atomic E-state index is 13.2. The molecule has 0 atom stereocenters. The van der Waals surface area contributed by atoms with E-state index in [2.05, 4.69) is 24.3 Å². The molecule has 0 aliphatic heterocycles. The van der Waals surface area contributed by atoms with E-state index >= 15 is 0 Å². The van der Waals surface area contributed by atoms with Crippen molar-refractivity contribution in [3.8, 4) is 6.07 Å². The van der Waals surface area contributed by atoms with Crippen LogP contribution in [0.15, 0.2) is 36.5 Å². The van der Waals surface area contributed by atoms with E-state index in [1.807, 2.05) is 27.8 Å². The van der Waals surface area contributed by atoms with Crippen LogP contribution in [0.3, 0.4) is 0 Å². The van der Waals surface area contributed by atoms with E-state index in [0.29, 0.717) is 19.1 Å². The van der Waals surface area contributed by atoms with Crippen LogP contribution in [0.2, 0.25) is 0 Å². The first-order valence-corrected chi connectivity index (χ1v) is 9.45. The monoisotopic (exact) mass is 335 g/mol. The van der Waals surface area contributed by atoms with Crippen LogP contribution in [0.5, 0.6) is 0 Å². The number of para-hydroxylation sites is 1. The van der Waals surface area contributed by atoms with E-state index in [0.717, 1.165) is 36.6 Å². The zero-order valence-electron chi connectivity index (χ0n) is 14.7. The predicted octanol–water partition coefficient (Wildman–Crippen LogP) is 4.11. The molecule has 2 aliphatic rings. The first kappa shape index (κ1) is 16.2. The highest BCUT2D eigenvalue weighted by Gasteiger charge is 2.46. The molecule has 2 aliphatic carbocycles. The molecule has 0 radical (unpaired) electrons. The van der Waals surface area contributed by atoms with E-state index in [1.54, 1.807) is 0 Å². The zero-order chi connectivity index (χ0) is 17.3. The van der Waals surface area contributed by atoms with Gasteiger partial charge in [0.1, 0.15) is 6.54 Å². The van der Waals surface area contributed by atoms with Gasteiger partial charge >= 0.3 is 0 Å². The third-order valence-electron chi connectivity index (χ3n) is 5.89. The highest BCUT2D eigenvalue weighted by atomic mass is 16.2. The smallest absolute Gasteiger partial charge is 0.242 e. The van der Waals surface area contributed by atoms with Gasteiger partial charge in [-0.25, -0.2) is 0 Å². The third kappa shape index (κ3) is 3.28. The Balaban J connectivity index is 1.55. The van der Waals surface area contributed by atoms with Crippen LogP contribution in [0, 0.1) is 16.7 Å². The van der Waals surface area contributed by atoms with Crippen LogP contribution in [0.1, 0.15) is 44.9 Å². The van der Waals surface area contributed by atoms with Gasteiger partial charge in [-0.05, 0) is 43.2 Å². The van der Waals surface area contributed by atoms with Crippen molar-refractivity contribution in [1.82, 2.24) is 9.47 Å². The molecule has 0 spiro atoms. The Bertz CT molecular complexity index is 806. The van der Waals surface area contributed by atoms with Gasteiger partial charge in [-0.2, -0.15) is 5.26 Å². The van der Waals surface area contributed by atoms with Gasteiger partial charge < -0.3 is 9.47 Å². The number of carbonyl (C=O) groups is 1. The molecule has 0 bridgehead atoms. The van der Waals surface area contributed by atoms with Gasteiger partial charge in [-0.15, -0.1) is 0 Å². The number of aromatic nitrogens is 1. The molecule has 2 aromatic rings. The summed E-state index contributed by atoms with van der Waals surface area (Å²) >= 11 is 0. The van der Waals surface area contributed by atoms with Crippen LogP contribution in [-0.4, -0.2) is 28.0 Å². The van der Waals surface area contributed by atoms with Gasteiger partial charge in [0.2, 0.25) is 5.91 Å². The zero-order valence-corrected chi connectivity index (χ0v) is 14.7. The van der Waals surface area contributed by atoms with Crippen molar-refractivity contribution in [3.63, 3.8) is 0 Å². The lowest BCUT2D eigenvalue weighted by Crippen LogP contribution is -2.45. The lowest BCUT2D eigenvalue weighted by atomic mass is 9.93. The summed E-state index contributed by atoms with van der Waals surface area (Å²) in [5, 5.41) is 10.7. The van der Waals surface area contributed by atoms with E-state index in [9.17, 15) is 10.1 Å². The summed E-state index contributed by atoms with van der Waals surface area (Å²) in [4.78, 5) is 15.2. The number of hydrogen-bond acceptors (Lipinski definition) is 2. The van der Waals surface area contributed by atoms with Crippen molar-refractivity contribution in [2.45, 2.75) is 57.5 Å². The van der Waals surface area contributed by atoms with Crippen LogP contribution < -0.4 is 0 Å². The summed E-state index contributed by atoms with van der Waals surface area (Å²) in [6, 6.07) is 13.0. The molecule has 4 rings (SSSR count). The van der Waals surface area contributed by atoms with Gasteiger partial charge in [-0.1, -0.05) is 37.5 Å². The minimum Gasteiger partial charge on any atom is -0.338 e. The second-order valence-electron chi connectivity index (χ2n) is 7.71. The molecule has 1 aromatic heterocycles. The van der Waals surface area contributed by atoms with Crippen LogP contribution in [0.25, 0.3) is 10.9 Å². The topological polar surface area (TPSA) is 49.0 Å². The van der Waals surface area contributed by atoms with Crippen molar-refractivity contribution in [3.05, 3.63) is 36.5 Å². The summed E-state index contributed by atoms with van der Waals surface area (Å²) in [6.45, 7) is 0.984. The Morgan fingerprint density at radius 2 is 1.96 bits per heavy atom. The van der Waals surface area contributed by atoms with Crippen molar-refractivity contribution < 1.29 is 4.79 Å². The number of nitrogens with zero attached hydrogens (tertiary/aromatic N) is 3. The van der Waals surface area contributed by atoms with Crippen LogP contribution >= 0.6 is 0 Å². The molecular formula is C21H25N3O. The van der Waals surface area contributed by atoms with Crippen LogP contribution in [-0.2, 0) is 11.3 Å². The number of rotatable bonds is 5. The van der Waals surface area contributed by atoms with Crippen molar-refractivity contribution in [1.29, 1.82) is 5.26 Å². The standard InChI is InChI=1S/C21H25N3O/c22-15-21(11-12-21)16-24(18-7-2-1-3-8-18)20(25)14-23-13-10-17-6-4-5-9-19(17)23/h4-6,9-10,13,18H,1-3,7-8,11-12,14,16H2. The molecule has 130 valence electrons. The summed E-state index contributed by atoms with van der Waals surface area (Å²) < 4.78 is 2.04. The lowest BCUT2D eigenvalue weighted by Gasteiger charge is -2.36. The number of fused-ring (bicyclic) bond motifs is 1. The molecule has 0 saturated heterocycles. The first-order chi connectivity index (χ1) is 12.2. The van der Waals surface area contributed by atoms with Crippen molar-refractivity contribution in [2.75, 3.05) is 6.54 Å². The van der Waals surface area contributed by atoms with E-state index in [4.69, 9.17) is 0 Å². The number of benzene rings is 1. The van der Waals surface area contributed by atoms with Crippen molar-refractivity contribution in [2.24, 2.45) is 5.41 Å². The average molecular weight is 335 g/mol. The summed E-state index contributed by atoms with van der Waals surface area (Å²) in [5.74, 6) is 0.162. The Labute approximate surface area is 149 Å². The Hall–Kier alpha value is -2.28. The molecule has 4 heteroatoms.